The molecule has 1 aliphatic heterocycles. The zero-order chi connectivity index (χ0) is 24.9. The van der Waals surface area contributed by atoms with Gasteiger partial charge in [-0.2, -0.15) is 0 Å². The number of piperidine rings is 1. The van der Waals surface area contributed by atoms with Crippen LogP contribution in [0.3, 0.4) is 0 Å². The number of carbonyl (C=O) groups excluding carboxylic acids is 1. The Hall–Kier alpha value is -1.80. The molecule has 0 unspecified atom stereocenters. The second kappa shape index (κ2) is 11.8. The van der Waals surface area contributed by atoms with Gasteiger partial charge in [-0.1, -0.05) is 55.2 Å². The fraction of sp³-hybridized carbons (Fsp3) is 0.480. The summed E-state index contributed by atoms with van der Waals surface area (Å²) in [6.07, 6.45) is 2.06. The lowest BCUT2D eigenvalue weighted by Crippen LogP contribution is -2.46. The summed E-state index contributed by atoms with van der Waals surface area (Å²) in [7, 11) is -2.02. The Morgan fingerprint density at radius 2 is 1.88 bits per heavy atom. The number of carbonyl (C=O) groups is 1. The summed E-state index contributed by atoms with van der Waals surface area (Å²) in [6, 6.07) is 12.3. The molecule has 0 saturated carbocycles. The highest BCUT2D eigenvalue weighted by molar-refractivity contribution is 7.88. The molecule has 1 aliphatic rings. The van der Waals surface area contributed by atoms with Crippen molar-refractivity contribution in [3.63, 3.8) is 0 Å². The van der Waals surface area contributed by atoms with E-state index in [1.807, 2.05) is 24.3 Å². The van der Waals surface area contributed by atoms with Crippen molar-refractivity contribution in [2.24, 2.45) is 11.8 Å². The molecule has 6 nitrogen and oxygen atoms in total. The first-order chi connectivity index (χ1) is 16.1. The first kappa shape index (κ1) is 26.8. The Morgan fingerprint density at radius 1 is 1.18 bits per heavy atom. The molecule has 1 N–H and O–H groups in total. The van der Waals surface area contributed by atoms with Crippen molar-refractivity contribution < 1.29 is 17.9 Å². The minimum atomic E-state index is -3.63. The number of hydrogen-bond acceptors (Lipinski definition) is 4. The number of nitrogens with zero attached hydrogens (tertiary/aromatic N) is 1. The lowest BCUT2D eigenvalue weighted by molar-refractivity contribution is -0.127. The van der Waals surface area contributed by atoms with Crippen LogP contribution in [0.5, 0.6) is 5.75 Å². The van der Waals surface area contributed by atoms with Gasteiger partial charge in [-0.3, -0.25) is 4.79 Å². The molecule has 186 valence electrons. The smallest absolute Gasteiger partial charge is 0.224 e. The van der Waals surface area contributed by atoms with Crippen molar-refractivity contribution in [1.29, 1.82) is 0 Å². The molecule has 1 fully saturated rings. The van der Waals surface area contributed by atoms with E-state index in [4.69, 9.17) is 27.9 Å². The van der Waals surface area contributed by atoms with E-state index in [0.717, 1.165) is 17.7 Å². The molecular weight excluding hydrogens is 495 g/mol. The van der Waals surface area contributed by atoms with Crippen LogP contribution in [-0.2, 0) is 20.6 Å². The van der Waals surface area contributed by atoms with Crippen LogP contribution in [0.15, 0.2) is 42.5 Å². The quantitative estimate of drug-likeness (QED) is 0.471. The molecule has 2 atom stereocenters. The number of rotatable bonds is 9. The van der Waals surface area contributed by atoms with Crippen molar-refractivity contribution in [3.8, 4) is 5.75 Å². The highest BCUT2D eigenvalue weighted by Crippen LogP contribution is 2.28. The van der Waals surface area contributed by atoms with Crippen LogP contribution in [-0.4, -0.2) is 38.8 Å². The van der Waals surface area contributed by atoms with E-state index >= 15 is 0 Å². The third-order valence-electron chi connectivity index (χ3n) is 6.04. The second-order valence-corrected chi connectivity index (χ2v) is 12.0. The third-order valence-corrected chi connectivity index (χ3v) is 8.42. The highest BCUT2D eigenvalue weighted by Gasteiger charge is 2.33. The van der Waals surface area contributed by atoms with E-state index < -0.39 is 15.9 Å². The van der Waals surface area contributed by atoms with Gasteiger partial charge < -0.3 is 10.1 Å². The van der Waals surface area contributed by atoms with Crippen LogP contribution < -0.4 is 10.1 Å². The topological polar surface area (TPSA) is 75.7 Å². The zero-order valence-corrected chi connectivity index (χ0v) is 22.1. The molecular formula is C25H32Cl2N2O4S. The Kier molecular flexibility index (Phi) is 9.27. The van der Waals surface area contributed by atoms with Crippen LogP contribution in [0.1, 0.15) is 50.3 Å². The fourth-order valence-electron chi connectivity index (χ4n) is 4.21. The van der Waals surface area contributed by atoms with Gasteiger partial charge in [0, 0.05) is 23.1 Å². The van der Waals surface area contributed by atoms with Crippen LogP contribution in [0, 0.1) is 11.8 Å². The highest BCUT2D eigenvalue weighted by atomic mass is 35.5. The summed E-state index contributed by atoms with van der Waals surface area (Å²) in [6.45, 7) is 4.78. The van der Waals surface area contributed by atoms with E-state index in [1.54, 1.807) is 19.2 Å². The van der Waals surface area contributed by atoms with Crippen molar-refractivity contribution in [3.05, 3.63) is 63.6 Å². The summed E-state index contributed by atoms with van der Waals surface area (Å²) in [5.74, 6) is 0.383. The van der Waals surface area contributed by atoms with Crippen LogP contribution in [0.4, 0.5) is 0 Å². The van der Waals surface area contributed by atoms with Gasteiger partial charge in [0.25, 0.3) is 0 Å². The molecule has 2 aromatic carbocycles. The van der Waals surface area contributed by atoms with Crippen molar-refractivity contribution in [1.82, 2.24) is 9.62 Å². The van der Waals surface area contributed by atoms with E-state index in [0.29, 0.717) is 40.9 Å². The summed E-state index contributed by atoms with van der Waals surface area (Å²) in [4.78, 5) is 13.2. The van der Waals surface area contributed by atoms with E-state index in [2.05, 4.69) is 19.2 Å². The van der Waals surface area contributed by atoms with Gasteiger partial charge in [-0.25, -0.2) is 12.7 Å². The summed E-state index contributed by atoms with van der Waals surface area (Å²) >= 11 is 12.1. The molecule has 34 heavy (non-hydrogen) atoms. The number of benzene rings is 2. The van der Waals surface area contributed by atoms with Crippen LogP contribution in [0.2, 0.25) is 10.0 Å². The SMILES string of the molecule is COc1ccc([C@@H](CC(C)C)NC(=O)[C@@H]2CCCN(S(=O)(=O)Cc3ccc(Cl)cc3Cl)C2)cc1. The molecule has 9 heteroatoms. The van der Waals surface area contributed by atoms with Crippen molar-refractivity contribution in [2.75, 3.05) is 20.2 Å². The first-order valence-corrected chi connectivity index (χ1v) is 13.8. The summed E-state index contributed by atoms with van der Waals surface area (Å²) in [5.41, 5.74) is 1.50. The van der Waals surface area contributed by atoms with Crippen LogP contribution in [0.25, 0.3) is 0 Å². The van der Waals surface area contributed by atoms with Crippen LogP contribution >= 0.6 is 23.2 Å². The molecule has 0 bridgehead atoms. The number of sulfonamides is 1. The standard InChI is InChI=1S/C25H32Cl2N2O4S/c1-17(2)13-24(18-7-10-22(33-3)11-8-18)28-25(30)19-5-4-12-29(15-19)34(31,32)16-20-6-9-21(26)14-23(20)27/h6-11,14,17,19,24H,4-5,12-13,15-16H2,1-3H3,(H,28,30)/t19-,24-/m1/s1. The lowest BCUT2D eigenvalue weighted by Gasteiger charge is -2.32. The van der Waals surface area contributed by atoms with Gasteiger partial charge in [-0.05, 0) is 60.6 Å². The van der Waals surface area contributed by atoms with Gasteiger partial charge in [0.2, 0.25) is 15.9 Å². The van der Waals surface area contributed by atoms with Gasteiger partial charge >= 0.3 is 0 Å². The Bertz CT molecular complexity index is 1090. The number of nitrogens with one attached hydrogen (secondary N) is 1. The first-order valence-electron chi connectivity index (χ1n) is 11.4. The van der Waals surface area contributed by atoms with Crippen molar-refractivity contribution >= 4 is 39.1 Å². The largest absolute Gasteiger partial charge is 0.497 e. The maximum Gasteiger partial charge on any atom is 0.224 e. The molecule has 1 heterocycles. The number of methoxy groups -OCH3 is 1. The average Bonchev–Trinajstić information content (AvgIpc) is 2.80. The van der Waals surface area contributed by atoms with E-state index in [-0.39, 0.29) is 24.2 Å². The molecule has 0 aromatic heterocycles. The number of ether oxygens (including phenoxy) is 1. The average molecular weight is 528 g/mol. The monoisotopic (exact) mass is 526 g/mol. The number of amides is 1. The maximum absolute atomic E-state index is 13.2. The molecule has 2 aromatic rings. The Morgan fingerprint density at radius 3 is 2.50 bits per heavy atom. The fourth-order valence-corrected chi connectivity index (χ4v) is 6.41. The lowest BCUT2D eigenvalue weighted by atomic mass is 9.94. The van der Waals surface area contributed by atoms with Gasteiger partial charge in [0.15, 0.2) is 0 Å². The normalized spacial score (nSPS) is 18.0. The van der Waals surface area contributed by atoms with Gasteiger partial charge in [0.1, 0.15) is 5.75 Å². The minimum Gasteiger partial charge on any atom is -0.497 e. The third kappa shape index (κ3) is 7.11. The van der Waals surface area contributed by atoms with Gasteiger partial charge in [0.05, 0.1) is 24.8 Å². The van der Waals surface area contributed by atoms with E-state index in [9.17, 15) is 13.2 Å². The molecule has 0 radical (unpaired) electrons. The predicted molar refractivity (Wildman–Crippen MR) is 137 cm³/mol. The number of halogens is 2. The number of hydrogen-bond donors (Lipinski definition) is 1. The summed E-state index contributed by atoms with van der Waals surface area (Å²) < 4.78 is 32.9. The van der Waals surface area contributed by atoms with E-state index in [1.165, 1.54) is 10.4 Å². The van der Waals surface area contributed by atoms with Crippen molar-refractivity contribution in [2.45, 2.75) is 44.9 Å². The Labute approximate surface area is 212 Å². The molecule has 0 aliphatic carbocycles. The molecule has 1 amide bonds. The Balaban J connectivity index is 1.70. The predicted octanol–water partition coefficient (Wildman–Crippen LogP) is 5.45. The van der Waals surface area contributed by atoms with Gasteiger partial charge in [-0.15, -0.1) is 0 Å². The summed E-state index contributed by atoms with van der Waals surface area (Å²) in [5, 5.41) is 3.94. The minimum absolute atomic E-state index is 0.120. The zero-order valence-electron chi connectivity index (χ0n) is 19.8. The second-order valence-electron chi connectivity index (χ2n) is 9.15. The maximum atomic E-state index is 13.2. The molecule has 1 saturated heterocycles. The molecule has 0 spiro atoms. The molecule has 3 rings (SSSR count).